The molecule has 2 aromatic rings. The molecule has 3 aliphatic heterocycles. The summed E-state index contributed by atoms with van der Waals surface area (Å²) in [6.45, 7) is 4.95. The van der Waals surface area contributed by atoms with Crippen LogP contribution in [0.3, 0.4) is 0 Å². The van der Waals surface area contributed by atoms with E-state index >= 15 is 0 Å². The van der Waals surface area contributed by atoms with E-state index in [1.54, 1.807) is 24.3 Å². The molecule has 5 rings (SSSR count). The Kier molecular flexibility index (Phi) is 8.48. The smallest absolute Gasteiger partial charge is 0.250 e. The zero-order chi connectivity index (χ0) is 27.7. The van der Waals surface area contributed by atoms with Gasteiger partial charge in [0.15, 0.2) is 0 Å². The van der Waals surface area contributed by atoms with E-state index in [2.05, 4.69) is 14.9 Å². The summed E-state index contributed by atoms with van der Waals surface area (Å²) >= 11 is 7.16. The number of piperidine rings is 1. The number of halogens is 1. The molecule has 0 aliphatic carbocycles. The molecule has 3 atom stereocenters. The van der Waals surface area contributed by atoms with Gasteiger partial charge in [0.2, 0.25) is 17.7 Å². The Balaban J connectivity index is 1.18. The summed E-state index contributed by atoms with van der Waals surface area (Å²) in [6.07, 6.45) is 3.71. The predicted molar refractivity (Wildman–Crippen MR) is 150 cm³/mol. The van der Waals surface area contributed by atoms with Crippen LogP contribution >= 0.6 is 22.9 Å². The summed E-state index contributed by atoms with van der Waals surface area (Å²) in [5, 5.41) is 4.22. The van der Waals surface area contributed by atoms with Crippen molar-refractivity contribution < 1.29 is 22.8 Å². The van der Waals surface area contributed by atoms with E-state index in [4.69, 9.17) is 11.6 Å². The summed E-state index contributed by atoms with van der Waals surface area (Å²) in [5.74, 6) is -0.496. The van der Waals surface area contributed by atoms with E-state index in [0.29, 0.717) is 31.0 Å². The number of hydrogen-bond acceptors (Lipinski definition) is 7. The first-order valence-electron chi connectivity index (χ1n) is 13.4. The molecular weight excluding hydrogens is 562 g/mol. The lowest BCUT2D eigenvalue weighted by molar-refractivity contribution is -0.143. The third-order valence-corrected chi connectivity index (χ3v) is 11.0. The molecule has 0 radical (unpaired) electrons. The van der Waals surface area contributed by atoms with E-state index in [0.717, 1.165) is 60.3 Å². The molecule has 3 amide bonds. The van der Waals surface area contributed by atoms with Crippen LogP contribution in [-0.4, -0.2) is 98.2 Å². The van der Waals surface area contributed by atoms with Crippen LogP contribution in [0.1, 0.15) is 39.0 Å². The summed E-state index contributed by atoms with van der Waals surface area (Å²) in [5.41, 5.74) is 0. The number of rotatable bonds is 8. The van der Waals surface area contributed by atoms with Gasteiger partial charge in [-0.15, -0.1) is 11.3 Å². The first kappa shape index (κ1) is 28.3. The van der Waals surface area contributed by atoms with Gasteiger partial charge in [-0.25, -0.2) is 8.42 Å². The van der Waals surface area contributed by atoms with Gasteiger partial charge < -0.3 is 15.1 Å². The number of sulfonamides is 1. The Morgan fingerprint density at radius 2 is 1.90 bits per heavy atom. The number of nitrogens with one attached hydrogen (secondary N) is 2. The van der Waals surface area contributed by atoms with E-state index < -0.39 is 16.1 Å². The number of fused-ring (bicyclic) bond motifs is 1. The van der Waals surface area contributed by atoms with Crippen molar-refractivity contribution in [3.8, 4) is 0 Å². The first-order chi connectivity index (χ1) is 18.6. The molecule has 212 valence electrons. The molecule has 1 aromatic heterocycles. The molecule has 0 spiro atoms. The fraction of sp³-hybridized carbons (Fsp3) is 0.577. The van der Waals surface area contributed by atoms with Crippen LogP contribution < -0.4 is 10.0 Å². The lowest BCUT2D eigenvalue weighted by Gasteiger charge is -2.34. The third-order valence-electron chi connectivity index (χ3n) is 7.72. The second-order valence-electron chi connectivity index (χ2n) is 10.7. The second-order valence-corrected chi connectivity index (χ2v) is 14.1. The Labute approximate surface area is 237 Å². The average molecular weight is 596 g/mol. The highest BCUT2D eigenvalue weighted by Crippen LogP contribution is 2.31. The quantitative estimate of drug-likeness (QED) is 0.482. The largest absolute Gasteiger partial charge is 0.352 e. The van der Waals surface area contributed by atoms with E-state index in [1.165, 1.54) is 11.8 Å². The normalized spacial score (nSPS) is 24.6. The van der Waals surface area contributed by atoms with Crippen LogP contribution in [0.4, 0.5) is 0 Å². The average Bonchev–Trinajstić information content (AvgIpc) is 3.61. The van der Waals surface area contributed by atoms with Gasteiger partial charge in [0, 0.05) is 61.5 Å². The number of hydrogen-bond donors (Lipinski definition) is 2. The molecule has 1 aromatic carbocycles. The minimum Gasteiger partial charge on any atom is -0.352 e. The Morgan fingerprint density at radius 1 is 1.10 bits per heavy atom. The highest BCUT2D eigenvalue weighted by Gasteiger charge is 2.37. The first-order valence-corrected chi connectivity index (χ1v) is 16.1. The van der Waals surface area contributed by atoms with E-state index in [1.807, 2.05) is 4.90 Å². The van der Waals surface area contributed by atoms with Gasteiger partial charge in [-0.2, -0.15) is 4.72 Å². The number of amides is 3. The maximum absolute atomic E-state index is 13.3. The van der Waals surface area contributed by atoms with Crippen molar-refractivity contribution in [3.63, 3.8) is 0 Å². The van der Waals surface area contributed by atoms with Crippen molar-refractivity contribution in [2.24, 2.45) is 0 Å². The SMILES string of the molecule is CC(=O)NC1CCN(C[C@@H]2CCCN2C(=O)CN2CCC[C@H](NS(=O)(=O)c3cc4cc(Cl)ccc4s3)C2=O)C1. The van der Waals surface area contributed by atoms with Crippen molar-refractivity contribution in [1.29, 1.82) is 0 Å². The molecular formula is C26H34ClN5O5S2. The zero-order valence-electron chi connectivity index (χ0n) is 21.9. The fourth-order valence-electron chi connectivity index (χ4n) is 5.88. The molecule has 3 saturated heterocycles. The number of carbonyl (C=O) groups is 3. The van der Waals surface area contributed by atoms with Gasteiger partial charge in [0.25, 0.3) is 10.0 Å². The fourth-order valence-corrected chi connectivity index (χ4v) is 8.68. The highest BCUT2D eigenvalue weighted by molar-refractivity contribution is 7.91. The summed E-state index contributed by atoms with van der Waals surface area (Å²) in [4.78, 5) is 43.6. The Morgan fingerprint density at radius 3 is 2.69 bits per heavy atom. The van der Waals surface area contributed by atoms with Gasteiger partial charge in [-0.1, -0.05) is 11.6 Å². The minimum atomic E-state index is -3.92. The Bertz CT molecular complexity index is 1370. The molecule has 2 N–H and O–H groups in total. The van der Waals surface area contributed by atoms with Gasteiger partial charge in [-0.05, 0) is 61.8 Å². The predicted octanol–water partition coefficient (Wildman–Crippen LogP) is 2.03. The third kappa shape index (κ3) is 6.57. The number of likely N-dealkylation sites (tertiary alicyclic amines) is 3. The van der Waals surface area contributed by atoms with Gasteiger partial charge >= 0.3 is 0 Å². The van der Waals surface area contributed by atoms with E-state index in [9.17, 15) is 22.8 Å². The van der Waals surface area contributed by atoms with Crippen molar-refractivity contribution >= 4 is 60.8 Å². The molecule has 39 heavy (non-hydrogen) atoms. The molecule has 0 bridgehead atoms. The number of benzene rings is 1. The monoisotopic (exact) mass is 595 g/mol. The van der Waals surface area contributed by atoms with Crippen molar-refractivity contribution in [2.75, 3.05) is 39.3 Å². The van der Waals surface area contributed by atoms with Gasteiger partial charge in [0.1, 0.15) is 10.3 Å². The molecule has 10 nitrogen and oxygen atoms in total. The lowest BCUT2D eigenvalue weighted by atomic mass is 10.1. The number of thiophene rings is 1. The van der Waals surface area contributed by atoms with Crippen LogP contribution in [0, 0.1) is 0 Å². The maximum Gasteiger partial charge on any atom is 0.250 e. The Hall–Kier alpha value is -2.25. The standard InChI is InChI=1S/C26H34ClN5O5S2/c1-17(33)28-20-8-11-30(14-20)15-21-4-2-10-32(21)24(34)16-31-9-3-5-22(26(31)35)29-39(36,37)25-13-18-12-19(27)6-7-23(18)38-25/h6-7,12-13,20-22,29H,2-5,8-11,14-16H2,1H3,(H,28,33)/t20?,21-,22-/m0/s1. The highest BCUT2D eigenvalue weighted by atomic mass is 35.5. The second kappa shape index (κ2) is 11.7. The molecule has 4 heterocycles. The molecule has 13 heteroatoms. The molecule has 3 fully saturated rings. The zero-order valence-corrected chi connectivity index (χ0v) is 24.3. The number of carbonyl (C=O) groups excluding carboxylic acids is 3. The van der Waals surface area contributed by atoms with Crippen LogP contribution in [0.15, 0.2) is 28.5 Å². The minimum absolute atomic E-state index is 0.0277. The molecule has 3 aliphatic rings. The molecule has 0 saturated carbocycles. The summed E-state index contributed by atoms with van der Waals surface area (Å²) in [6, 6.07) is 6.07. The van der Waals surface area contributed by atoms with Crippen LogP contribution in [0.5, 0.6) is 0 Å². The van der Waals surface area contributed by atoms with Gasteiger partial charge in [-0.3, -0.25) is 19.3 Å². The number of nitrogens with zero attached hydrogens (tertiary/aromatic N) is 3. The summed E-state index contributed by atoms with van der Waals surface area (Å²) in [7, 11) is -3.92. The van der Waals surface area contributed by atoms with E-state index in [-0.39, 0.29) is 40.6 Å². The molecule has 1 unspecified atom stereocenters. The maximum atomic E-state index is 13.3. The lowest BCUT2D eigenvalue weighted by Crippen LogP contribution is -2.55. The van der Waals surface area contributed by atoms with Crippen LogP contribution in [0.2, 0.25) is 5.02 Å². The van der Waals surface area contributed by atoms with Crippen LogP contribution in [0.25, 0.3) is 10.1 Å². The van der Waals surface area contributed by atoms with Crippen molar-refractivity contribution in [1.82, 2.24) is 24.7 Å². The topological polar surface area (TPSA) is 119 Å². The van der Waals surface area contributed by atoms with Crippen molar-refractivity contribution in [2.45, 2.75) is 61.4 Å². The van der Waals surface area contributed by atoms with Crippen molar-refractivity contribution in [3.05, 3.63) is 29.3 Å². The van der Waals surface area contributed by atoms with Gasteiger partial charge in [0.05, 0.1) is 6.54 Å². The van der Waals surface area contributed by atoms with Crippen LogP contribution in [-0.2, 0) is 24.4 Å². The summed E-state index contributed by atoms with van der Waals surface area (Å²) < 4.78 is 29.7.